The number of aromatic nitrogens is 1. The molecule has 2 unspecified atom stereocenters. The molecule has 12 heteroatoms. The Morgan fingerprint density at radius 1 is 1.21 bits per heavy atom. The third-order valence-corrected chi connectivity index (χ3v) is 7.15. The third-order valence-electron chi connectivity index (χ3n) is 6.31. The van der Waals surface area contributed by atoms with Gasteiger partial charge in [0.2, 0.25) is 0 Å². The molecule has 1 aliphatic rings. The van der Waals surface area contributed by atoms with E-state index < -0.39 is 30.3 Å². The molecule has 0 radical (unpaired) electrons. The highest BCUT2D eigenvalue weighted by molar-refractivity contribution is 6.43. The highest BCUT2D eigenvalue weighted by atomic mass is 35.5. The molecular formula is C26H31Cl2F3N4O3. The number of rotatable bonds is 10. The highest BCUT2D eigenvalue weighted by Crippen LogP contribution is 2.36. The largest absolute Gasteiger partial charge is 0.476 e. The minimum absolute atomic E-state index is 0.0828. The molecule has 3 rings (SSSR count). The van der Waals surface area contributed by atoms with Gasteiger partial charge >= 0.3 is 0 Å². The first kappa shape index (κ1) is 29.8. The summed E-state index contributed by atoms with van der Waals surface area (Å²) < 4.78 is 44.1. The second-order valence-electron chi connectivity index (χ2n) is 9.62. The van der Waals surface area contributed by atoms with Gasteiger partial charge < -0.3 is 20.3 Å². The van der Waals surface area contributed by atoms with Crippen molar-refractivity contribution in [2.45, 2.75) is 70.6 Å². The van der Waals surface area contributed by atoms with Gasteiger partial charge in [-0.3, -0.25) is 9.59 Å². The molecule has 2 amide bonds. The van der Waals surface area contributed by atoms with Gasteiger partial charge in [-0.05, 0) is 57.4 Å². The van der Waals surface area contributed by atoms with Gasteiger partial charge in [-0.25, -0.2) is 18.2 Å². The molecule has 7 nitrogen and oxygen atoms in total. The number of nitrogens with one attached hydrogen (secondary N) is 2. The number of benzene rings is 1. The number of amides is 2. The minimum atomic E-state index is -2.63. The van der Waals surface area contributed by atoms with Crippen molar-refractivity contribution in [1.82, 2.24) is 15.6 Å². The number of pyridine rings is 1. The Balaban J connectivity index is 1.64. The Hall–Kier alpha value is -2.72. The van der Waals surface area contributed by atoms with Gasteiger partial charge in [0, 0.05) is 24.8 Å². The normalized spacial score (nSPS) is 17.9. The molecule has 2 heterocycles. The molecule has 1 saturated heterocycles. The van der Waals surface area contributed by atoms with Crippen LogP contribution < -0.4 is 20.3 Å². The Morgan fingerprint density at radius 2 is 1.95 bits per heavy atom. The van der Waals surface area contributed by atoms with E-state index in [1.807, 2.05) is 0 Å². The summed E-state index contributed by atoms with van der Waals surface area (Å²) in [6.45, 7) is 5.15. The molecule has 1 aliphatic heterocycles. The van der Waals surface area contributed by atoms with Crippen molar-refractivity contribution in [3.63, 3.8) is 0 Å². The lowest BCUT2D eigenvalue weighted by atomic mass is 9.93. The van der Waals surface area contributed by atoms with Crippen LogP contribution in [-0.4, -0.2) is 54.0 Å². The zero-order valence-corrected chi connectivity index (χ0v) is 22.9. The predicted octanol–water partition coefficient (Wildman–Crippen LogP) is 5.63. The summed E-state index contributed by atoms with van der Waals surface area (Å²) in [4.78, 5) is 31.7. The van der Waals surface area contributed by atoms with Crippen LogP contribution in [0.15, 0.2) is 30.5 Å². The van der Waals surface area contributed by atoms with E-state index >= 15 is 0 Å². The Labute approximate surface area is 230 Å². The van der Waals surface area contributed by atoms with E-state index in [0.29, 0.717) is 25.2 Å². The fourth-order valence-electron chi connectivity index (χ4n) is 4.32. The van der Waals surface area contributed by atoms with Crippen LogP contribution in [0.4, 0.5) is 19.0 Å². The van der Waals surface area contributed by atoms with Gasteiger partial charge in [0.25, 0.3) is 18.2 Å². The van der Waals surface area contributed by atoms with E-state index in [9.17, 15) is 22.8 Å². The van der Waals surface area contributed by atoms with Crippen LogP contribution in [0.5, 0.6) is 5.75 Å². The zero-order valence-electron chi connectivity index (χ0n) is 21.4. The maximum atomic E-state index is 13.6. The van der Waals surface area contributed by atoms with Crippen molar-refractivity contribution in [3.05, 3.63) is 51.9 Å². The first-order valence-electron chi connectivity index (χ1n) is 12.4. The number of alkyl halides is 2. The predicted molar refractivity (Wildman–Crippen MR) is 141 cm³/mol. The number of piperidine rings is 1. The third kappa shape index (κ3) is 7.44. The van der Waals surface area contributed by atoms with Gasteiger partial charge in [-0.15, -0.1) is 0 Å². The molecule has 0 bridgehead atoms. The summed E-state index contributed by atoms with van der Waals surface area (Å²) in [5, 5.41) is 4.84. The summed E-state index contributed by atoms with van der Waals surface area (Å²) in [5.41, 5.74) is -1.10. The zero-order chi connectivity index (χ0) is 28.0. The molecule has 0 aliphatic carbocycles. The van der Waals surface area contributed by atoms with Crippen LogP contribution in [0.3, 0.4) is 0 Å². The summed E-state index contributed by atoms with van der Waals surface area (Å²) in [7, 11) is 0. The number of halogens is 5. The smallest absolute Gasteiger partial charge is 0.263 e. The number of nitrogens with zero attached hydrogens (tertiary/aromatic N) is 2. The Bertz CT molecular complexity index is 1140. The molecule has 0 spiro atoms. The molecule has 2 atom stereocenters. The molecule has 1 fully saturated rings. The fourth-order valence-corrected chi connectivity index (χ4v) is 4.67. The minimum Gasteiger partial charge on any atom is -0.476 e. The van der Waals surface area contributed by atoms with Crippen molar-refractivity contribution in [1.29, 1.82) is 0 Å². The summed E-state index contributed by atoms with van der Waals surface area (Å²) in [6, 6.07) is 5.68. The first-order chi connectivity index (χ1) is 17.9. The highest BCUT2D eigenvalue weighted by Gasteiger charge is 2.36. The van der Waals surface area contributed by atoms with Gasteiger partial charge in [0.05, 0.1) is 17.1 Å². The Kier molecular flexibility index (Phi) is 10.1. The number of carbonyl (C=O) groups is 2. The maximum absolute atomic E-state index is 13.6. The lowest BCUT2D eigenvalue weighted by Gasteiger charge is -2.41. The van der Waals surface area contributed by atoms with Crippen molar-refractivity contribution in [2.75, 3.05) is 18.0 Å². The van der Waals surface area contributed by atoms with E-state index in [4.69, 9.17) is 27.9 Å². The van der Waals surface area contributed by atoms with E-state index in [-0.39, 0.29) is 39.3 Å². The fraction of sp³-hybridized carbons (Fsp3) is 0.500. The molecule has 1 aromatic carbocycles. The van der Waals surface area contributed by atoms with Gasteiger partial charge in [0.1, 0.15) is 22.4 Å². The first-order valence-corrected chi connectivity index (χ1v) is 13.1. The number of ether oxygens (including phenoxy) is 1. The number of hydrogen-bond donors (Lipinski definition) is 2. The topological polar surface area (TPSA) is 83.6 Å². The summed E-state index contributed by atoms with van der Waals surface area (Å²) in [5.74, 6) is -0.858. The van der Waals surface area contributed by atoms with Crippen LogP contribution in [0.1, 0.15) is 56.8 Å². The van der Waals surface area contributed by atoms with Crippen molar-refractivity contribution in [2.24, 2.45) is 0 Å². The van der Waals surface area contributed by atoms with Gasteiger partial charge in [-0.2, -0.15) is 0 Å². The standard InChI is InChI=1S/C26H31Cl2F3N4O3/c1-4-5-17-12-16(34-25(37)26(2,3)38-19-8-7-18(29)22(27)23(19)28)10-11-35(17)21-9-6-15(13-32-21)24(36)33-14-20(30)31/h6-9,13,16-17,20H,4-5,10-12,14H2,1-3H3,(H,33,36)(H,34,37). The molecule has 2 aromatic rings. The van der Waals surface area contributed by atoms with E-state index in [1.54, 1.807) is 26.0 Å². The van der Waals surface area contributed by atoms with Crippen molar-refractivity contribution in [3.8, 4) is 5.75 Å². The van der Waals surface area contributed by atoms with Crippen molar-refractivity contribution < 1.29 is 27.5 Å². The number of carbonyl (C=O) groups excluding carboxylic acids is 2. The SMILES string of the molecule is CCCC1CC(NC(=O)C(C)(C)Oc2ccc(F)c(Cl)c2Cl)CCN1c1ccc(C(=O)NCC(F)F)cn1. The van der Waals surface area contributed by atoms with Crippen LogP contribution >= 0.6 is 23.2 Å². The van der Waals surface area contributed by atoms with Crippen molar-refractivity contribution >= 4 is 40.8 Å². The lowest BCUT2D eigenvalue weighted by molar-refractivity contribution is -0.135. The number of hydrogen-bond acceptors (Lipinski definition) is 5. The summed E-state index contributed by atoms with van der Waals surface area (Å²) in [6.07, 6.45) is 1.82. The molecule has 38 heavy (non-hydrogen) atoms. The van der Waals surface area contributed by atoms with E-state index in [2.05, 4.69) is 27.4 Å². The second-order valence-corrected chi connectivity index (χ2v) is 10.4. The monoisotopic (exact) mass is 574 g/mol. The average molecular weight is 575 g/mol. The molecular weight excluding hydrogens is 544 g/mol. The van der Waals surface area contributed by atoms with Crippen LogP contribution in [0, 0.1) is 5.82 Å². The molecule has 1 aromatic heterocycles. The Morgan fingerprint density at radius 3 is 2.58 bits per heavy atom. The second kappa shape index (κ2) is 12.9. The lowest BCUT2D eigenvalue weighted by Crippen LogP contribution is -2.55. The van der Waals surface area contributed by atoms with Crippen LogP contribution in [0.25, 0.3) is 0 Å². The molecule has 208 valence electrons. The maximum Gasteiger partial charge on any atom is 0.263 e. The van der Waals surface area contributed by atoms with E-state index in [0.717, 1.165) is 18.9 Å². The molecule has 2 N–H and O–H groups in total. The van der Waals surface area contributed by atoms with Gasteiger partial charge in [0.15, 0.2) is 5.60 Å². The quantitative estimate of drug-likeness (QED) is 0.359. The van der Waals surface area contributed by atoms with Crippen LogP contribution in [-0.2, 0) is 4.79 Å². The van der Waals surface area contributed by atoms with Crippen LogP contribution in [0.2, 0.25) is 10.0 Å². The molecule has 0 saturated carbocycles. The average Bonchev–Trinajstić information content (AvgIpc) is 2.88. The summed E-state index contributed by atoms with van der Waals surface area (Å²) >= 11 is 12.0. The number of anilines is 1. The van der Waals surface area contributed by atoms with E-state index in [1.165, 1.54) is 12.3 Å². The van der Waals surface area contributed by atoms with Gasteiger partial charge in [-0.1, -0.05) is 36.5 Å².